The van der Waals surface area contributed by atoms with Crippen molar-refractivity contribution >= 4 is 38.8 Å². The third-order valence-corrected chi connectivity index (χ3v) is 7.97. The number of phenols is 1. The van der Waals surface area contributed by atoms with Crippen LogP contribution >= 0.6 is 32.9 Å². The van der Waals surface area contributed by atoms with Crippen LogP contribution in [0.1, 0.15) is 31.4 Å². The number of amides is 1. The molecule has 1 amide bonds. The van der Waals surface area contributed by atoms with Crippen LogP contribution in [0.3, 0.4) is 0 Å². The van der Waals surface area contributed by atoms with E-state index in [2.05, 4.69) is 17.9 Å². The fraction of sp³-hybridized carbons (Fsp3) is 0.474. The molecule has 0 aliphatic carbocycles. The second-order valence-electron chi connectivity index (χ2n) is 6.64. The molecule has 7 heteroatoms. The maximum atomic E-state index is 11.5. The third kappa shape index (κ3) is 4.34. The van der Waals surface area contributed by atoms with Gasteiger partial charge < -0.3 is 10.0 Å². The van der Waals surface area contributed by atoms with E-state index in [4.69, 9.17) is 12.2 Å². The molecular weight excluding hydrogens is 384 g/mol. The minimum atomic E-state index is 0.136. The van der Waals surface area contributed by atoms with Gasteiger partial charge in [-0.05, 0) is 35.7 Å². The van der Waals surface area contributed by atoms with Gasteiger partial charge in [0.1, 0.15) is 9.57 Å². The van der Waals surface area contributed by atoms with E-state index >= 15 is 0 Å². The monoisotopic (exact) mass is 408 g/mol. The summed E-state index contributed by atoms with van der Waals surface area (Å²) in [4.78, 5) is 16.9. The van der Waals surface area contributed by atoms with Crippen molar-refractivity contribution in [2.45, 2.75) is 33.2 Å². The van der Waals surface area contributed by atoms with Crippen molar-refractivity contribution in [2.75, 3.05) is 26.2 Å². The Bertz CT molecular complexity index is 836. The van der Waals surface area contributed by atoms with Gasteiger partial charge in [0.15, 0.2) is 0 Å². The molecule has 1 N–H and O–H groups in total. The standard InChI is InChI=1S/C19H24N2O2S3/c1-3-4-16-18(25-26-19(16)24)14-5-6-17(23)15(11-14)12-20-7-9-21(10-8-20)13(2)22/h5-6,11,23H,3-4,7-10,12H2,1-2H3. The van der Waals surface area contributed by atoms with Crippen LogP contribution in [0.15, 0.2) is 18.2 Å². The molecular formula is C19H24N2O2S3. The van der Waals surface area contributed by atoms with Gasteiger partial charge in [-0.15, -0.1) is 0 Å². The SMILES string of the molecule is CCCc1c(-c2ccc(O)c(CN3CCN(C(C)=O)CC3)c2)ssc1=S. The number of phenolic OH excluding ortho intramolecular Hbond substituents is 1. The topological polar surface area (TPSA) is 43.8 Å². The van der Waals surface area contributed by atoms with E-state index in [-0.39, 0.29) is 5.91 Å². The van der Waals surface area contributed by atoms with E-state index in [9.17, 15) is 9.90 Å². The Morgan fingerprint density at radius 2 is 1.96 bits per heavy atom. The molecule has 0 unspecified atom stereocenters. The van der Waals surface area contributed by atoms with Crippen LogP contribution in [-0.4, -0.2) is 47.0 Å². The Morgan fingerprint density at radius 3 is 2.62 bits per heavy atom. The van der Waals surface area contributed by atoms with Gasteiger partial charge in [-0.1, -0.05) is 46.2 Å². The molecule has 1 saturated heterocycles. The number of rotatable bonds is 5. The normalized spacial score (nSPS) is 15.4. The first-order chi connectivity index (χ1) is 12.5. The summed E-state index contributed by atoms with van der Waals surface area (Å²) in [5.74, 6) is 0.468. The van der Waals surface area contributed by atoms with Crippen LogP contribution < -0.4 is 0 Å². The van der Waals surface area contributed by atoms with Crippen molar-refractivity contribution in [1.29, 1.82) is 0 Å². The van der Waals surface area contributed by atoms with E-state index in [0.29, 0.717) is 12.3 Å². The van der Waals surface area contributed by atoms with Gasteiger partial charge in [-0.3, -0.25) is 9.69 Å². The largest absolute Gasteiger partial charge is 0.508 e. The van der Waals surface area contributed by atoms with Crippen LogP contribution in [0.4, 0.5) is 0 Å². The average Bonchev–Trinajstić information content (AvgIpc) is 2.99. The Hall–Kier alpha value is -1.28. The summed E-state index contributed by atoms with van der Waals surface area (Å²) in [6, 6.07) is 5.87. The number of aromatic hydroxyl groups is 1. The van der Waals surface area contributed by atoms with Gasteiger partial charge in [0.2, 0.25) is 5.91 Å². The minimum Gasteiger partial charge on any atom is -0.508 e. The summed E-state index contributed by atoms with van der Waals surface area (Å²) in [5.41, 5.74) is 3.34. The highest BCUT2D eigenvalue weighted by Gasteiger charge is 2.20. The number of piperazine rings is 1. The van der Waals surface area contributed by atoms with E-state index in [1.807, 2.05) is 11.0 Å². The molecule has 4 nitrogen and oxygen atoms in total. The molecule has 2 aromatic rings. The van der Waals surface area contributed by atoms with Crippen molar-refractivity contribution in [3.8, 4) is 16.2 Å². The second-order valence-corrected chi connectivity index (χ2v) is 9.45. The highest BCUT2D eigenvalue weighted by molar-refractivity contribution is 7.80. The predicted octanol–water partition coefficient (Wildman–Crippen LogP) is 4.53. The first kappa shape index (κ1) is 19.5. The van der Waals surface area contributed by atoms with E-state index < -0.39 is 0 Å². The molecule has 0 bridgehead atoms. The van der Waals surface area contributed by atoms with Crippen LogP contribution in [0, 0.1) is 3.82 Å². The van der Waals surface area contributed by atoms with Gasteiger partial charge in [-0.25, -0.2) is 0 Å². The molecule has 0 atom stereocenters. The Kier molecular flexibility index (Phi) is 6.45. The highest BCUT2D eigenvalue weighted by Crippen LogP contribution is 2.37. The maximum Gasteiger partial charge on any atom is 0.219 e. The van der Waals surface area contributed by atoms with Crippen molar-refractivity contribution in [1.82, 2.24) is 9.80 Å². The molecule has 0 spiro atoms. The van der Waals surface area contributed by atoms with E-state index in [1.165, 1.54) is 10.4 Å². The molecule has 0 saturated carbocycles. The summed E-state index contributed by atoms with van der Waals surface area (Å²) in [7, 11) is 3.39. The van der Waals surface area contributed by atoms with Crippen molar-refractivity contribution in [3.05, 3.63) is 33.1 Å². The molecule has 0 radical (unpaired) electrons. The Morgan fingerprint density at radius 1 is 1.23 bits per heavy atom. The molecule has 1 aromatic heterocycles. The number of benzene rings is 1. The molecule has 1 aliphatic rings. The maximum absolute atomic E-state index is 11.5. The summed E-state index contributed by atoms with van der Waals surface area (Å²) in [6.07, 6.45) is 2.07. The fourth-order valence-corrected chi connectivity index (χ4v) is 6.28. The third-order valence-electron chi connectivity index (χ3n) is 4.77. The first-order valence-electron chi connectivity index (χ1n) is 8.91. The Balaban J connectivity index is 1.79. The predicted molar refractivity (Wildman–Crippen MR) is 112 cm³/mol. The van der Waals surface area contributed by atoms with Crippen LogP contribution in [-0.2, 0) is 17.8 Å². The van der Waals surface area contributed by atoms with Crippen LogP contribution in [0.5, 0.6) is 5.75 Å². The van der Waals surface area contributed by atoms with Crippen LogP contribution in [0.2, 0.25) is 0 Å². The fourth-order valence-electron chi connectivity index (χ4n) is 3.28. The van der Waals surface area contributed by atoms with Crippen molar-refractivity contribution < 1.29 is 9.90 Å². The zero-order valence-electron chi connectivity index (χ0n) is 15.2. The summed E-state index contributed by atoms with van der Waals surface area (Å²) in [5, 5.41) is 10.3. The summed E-state index contributed by atoms with van der Waals surface area (Å²) in [6.45, 7) is 7.66. The number of hydrogen-bond acceptors (Lipinski definition) is 6. The van der Waals surface area contributed by atoms with E-state index in [0.717, 1.165) is 54.0 Å². The summed E-state index contributed by atoms with van der Waals surface area (Å²) >= 11 is 5.50. The highest BCUT2D eigenvalue weighted by atomic mass is 32.9. The van der Waals surface area contributed by atoms with Gasteiger partial charge in [0.25, 0.3) is 0 Å². The number of nitrogens with zero attached hydrogens (tertiary/aromatic N) is 2. The lowest BCUT2D eigenvalue weighted by atomic mass is 10.0. The average molecular weight is 409 g/mol. The molecule has 140 valence electrons. The lowest BCUT2D eigenvalue weighted by Gasteiger charge is -2.34. The zero-order chi connectivity index (χ0) is 18.7. The second kappa shape index (κ2) is 8.61. The number of carbonyl (C=O) groups excluding carboxylic acids is 1. The lowest BCUT2D eigenvalue weighted by molar-refractivity contribution is -0.130. The molecule has 1 aliphatic heterocycles. The van der Waals surface area contributed by atoms with Crippen molar-refractivity contribution in [2.24, 2.45) is 0 Å². The van der Waals surface area contributed by atoms with Gasteiger partial charge in [0.05, 0.1) is 4.88 Å². The Labute approximate surface area is 167 Å². The lowest BCUT2D eigenvalue weighted by Crippen LogP contribution is -2.47. The van der Waals surface area contributed by atoms with Crippen molar-refractivity contribution in [3.63, 3.8) is 0 Å². The van der Waals surface area contributed by atoms with E-state index in [1.54, 1.807) is 33.7 Å². The number of carbonyl (C=O) groups is 1. The quantitative estimate of drug-likeness (QED) is 0.583. The molecule has 26 heavy (non-hydrogen) atoms. The summed E-state index contributed by atoms with van der Waals surface area (Å²) < 4.78 is 0.988. The smallest absolute Gasteiger partial charge is 0.219 e. The molecule has 1 fully saturated rings. The van der Waals surface area contributed by atoms with Crippen LogP contribution in [0.25, 0.3) is 10.4 Å². The molecule has 1 aromatic carbocycles. The molecule has 2 heterocycles. The minimum absolute atomic E-state index is 0.136. The molecule has 3 rings (SSSR count). The first-order valence-corrected chi connectivity index (χ1v) is 11.5. The van der Waals surface area contributed by atoms with Gasteiger partial charge in [-0.2, -0.15) is 0 Å². The van der Waals surface area contributed by atoms with Gasteiger partial charge >= 0.3 is 0 Å². The van der Waals surface area contributed by atoms with Gasteiger partial charge in [0, 0.05) is 45.2 Å². The zero-order valence-corrected chi connectivity index (χ0v) is 17.6. The number of hydrogen-bond donors (Lipinski definition) is 1.